The van der Waals surface area contributed by atoms with E-state index in [-0.39, 0.29) is 37.6 Å². The van der Waals surface area contributed by atoms with E-state index < -0.39 is 0 Å². The number of nitrogens with zero attached hydrogens (tertiary/aromatic N) is 3. The fraction of sp³-hybridized carbons (Fsp3) is 0.174. The molecule has 5 heteroatoms. The molecule has 0 aliphatic carbocycles. The van der Waals surface area contributed by atoms with Crippen LogP contribution in [0, 0.1) is 6.07 Å². The minimum atomic E-state index is -0.265. The van der Waals surface area contributed by atoms with Gasteiger partial charge in [0.25, 0.3) is 0 Å². The number of phenolic OH excluding ortho intramolecular Hbond substituents is 1. The molecule has 1 N–H and O–H groups in total. The fourth-order valence-corrected chi connectivity index (χ4v) is 6.44. The first-order chi connectivity index (χ1) is 24.0. The molecule has 7 aromatic rings. The van der Waals surface area contributed by atoms with E-state index in [4.69, 9.17) is 9.97 Å². The summed E-state index contributed by atoms with van der Waals surface area (Å²) in [4.78, 5) is 12.2. The van der Waals surface area contributed by atoms with Crippen LogP contribution in [0.5, 0.6) is 5.75 Å². The Bertz CT molecular complexity index is 2300. The van der Waals surface area contributed by atoms with Crippen molar-refractivity contribution in [2.45, 2.75) is 52.4 Å². The second-order valence-electron chi connectivity index (χ2n) is 14.9. The Labute approximate surface area is 316 Å². The van der Waals surface area contributed by atoms with Crippen LogP contribution in [0.1, 0.15) is 52.7 Å². The van der Waals surface area contributed by atoms with Crippen LogP contribution in [0.25, 0.3) is 44.4 Å². The Hall–Kier alpha value is -5.05. The third-order valence-electron chi connectivity index (χ3n) is 9.17. The van der Waals surface area contributed by atoms with Gasteiger partial charge in [-0.15, -0.1) is 29.8 Å². The van der Waals surface area contributed by atoms with E-state index in [2.05, 4.69) is 144 Å². The molecule has 5 aromatic carbocycles. The van der Waals surface area contributed by atoms with E-state index in [1.54, 1.807) is 0 Å². The van der Waals surface area contributed by atoms with Crippen LogP contribution < -0.4 is 4.90 Å². The Kier molecular flexibility index (Phi) is 10.0. The van der Waals surface area contributed by atoms with Gasteiger partial charge in [-0.05, 0) is 74.6 Å². The van der Waals surface area contributed by atoms with Gasteiger partial charge in [0.15, 0.2) is 0 Å². The molecule has 0 aliphatic rings. The third kappa shape index (κ3) is 7.39. The van der Waals surface area contributed by atoms with Gasteiger partial charge >= 0.3 is 0 Å². The molecule has 0 amide bonds. The monoisotopic (exact) mass is 847 g/mol. The van der Waals surface area contributed by atoms with Crippen molar-refractivity contribution in [2.24, 2.45) is 0 Å². The Morgan fingerprint density at radius 1 is 0.627 bits per heavy atom. The molecule has 0 saturated heterocycles. The SMILES string of the molecule is CC(C)(C)c1cc(-c2cc(-c3ccccc3)cc(-c3[c-]c(N(c4ccccn4)c4cccc5ccccc45)ccc3)n2)c(O)c(C(C)(C)C)c1.[Pt]. The summed E-state index contributed by atoms with van der Waals surface area (Å²) in [5, 5.41) is 14.2. The van der Waals surface area contributed by atoms with Crippen molar-refractivity contribution in [3.63, 3.8) is 0 Å². The summed E-state index contributed by atoms with van der Waals surface area (Å²) in [6, 6.07) is 49.4. The summed E-state index contributed by atoms with van der Waals surface area (Å²) in [7, 11) is 0. The first-order valence-corrected chi connectivity index (χ1v) is 17.1. The summed E-state index contributed by atoms with van der Waals surface area (Å²) in [6.07, 6.45) is 1.82. The second kappa shape index (κ2) is 14.3. The minimum absolute atomic E-state index is 0. The molecule has 51 heavy (non-hydrogen) atoms. The number of phenols is 1. The van der Waals surface area contributed by atoms with Gasteiger partial charge in [0, 0.05) is 43.8 Å². The normalized spacial score (nSPS) is 11.6. The van der Waals surface area contributed by atoms with Gasteiger partial charge in [0.2, 0.25) is 0 Å². The van der Waals surface area contributed by atoms with Gasteiger partial charge in [-0.25, -0.2) is 4.98 Å². The van der Waals surface area contributed by atoms with Crippen LogP contribution in [0.4, 0.5) is 17.2 Å². The van der Waals surface area contributed by atoms with Gasteiger partial charge in [-0.1, -0.05) is 126 Å². The number of aromatic hydroxyl groups is 1. The van der Waals surface area contributed by atoms with Gasteiger partial charge in [0.1, 0.15) is 11.6 Å². The molecule has 0 unspecified atom stereocenters. The number of benzene rings is 5. The molecular weight excluding hydrogens is 806 g/mol. The van der Waals surface area contributed by atoms with Crippen molar-refractivity contribution in [1.82, 2.24) is 9.97 Å². The number of hydrogen-bond donors (Lipinski definition) is 1. The smallest absolute Gasteiger partial charge is 0.136 e. The summed E-state index contributed by atoms with van der Waals surface area (Å²) < 4.78 is 0. The maximum absolute atomic E-state index is 11.9. The van der Waals surface area contributed by atoms with Crippen LogP contribution in [0.2, 0.25) is 0 Å². The molecule has 7 rings (SSSR count). The molecule has 0 bridgehead atoms. The summed E-state index contributed by atoms with van der Waals surface area (Å²) >= 11 is 0. The number of anilines is 3. The summed E-state index contributed by atoms with van der Waals surface area (Å²) in [6.45, 7) is 13.0. The predicted molar refractivity (Wildman–Crippen MR) is 208 cm³/mol. The first kappa shape index (κ1) is 35.8. The predicted octanol–water partition coefficient (Wildman–Crippen LogP) is 12.2. The molecule has 0 atom stereocenters. The zero-order valence-electron chi connectivity index (χ0n) is 29.9. The third-order valence-corrected chi connectivity index (χ3v) is 9.17. The van der Waals surface area contributed by atoms with E-state index in [9.17, 15) is 5.11 Å². The second-order valence-corrected chi connectivity index (χ2v) is 14.9. The summed E-state index contributed by atoms with van der Waals surface area (Å²) in [5.41, 5.74) is 8.65. The topological polar surface area (TPSA) is 49.2 Å². The molecule has 0 aliphatic heterocycles. The van der Waals surface area contributed by atoms with Crippen LogP contribution in [0.15, 0.2) is 140 Å². The first-order valence-electron chi connectivity index (χ1n) is 17.1. The molecule has 4 nitrogen and oxygen atoms in total. The van der Waals surface area contributed by atoms with Crippen LogP contribution in [-0.2, 0) is 31.9 Å². The van der Waals surface area contributed by atoms with E-state index >= 15 is 0 Å². The van der Waals surface area contributed by atoms with E-state index in [0.717, 1.165) is 67.0 Å². The standard InChI is InChI=1S/C46H42N3O.Pt/c1-45(2,3)35-29-38(44(50)39(30-35)46(4,5)6)41-28-34(31-16-8-7-9-17-31)27-40(48-41)33-20-14-21-36(26-33)49(43-24-12-13-25-47-43)42-23-15-19-32-18-10-11-22-37(32)42;/h7-25,27-30,50H,1-6H3;/q-1;. The van der Waals surface area contributed by atoms with Gasteiger partial charge < -0.3 is 10.0 Å². The number of rotatable bonds is 6. The maximum atomic E-state index is 11.9. The number of hydrogen-bond acceptors (Lipinski definition) is 4. The van der Waals surface area contributed by atoms with Crippen LogP contribution in [-0.4, -0.2) is 15.1 Å². The molecular formula is C46H42N3OPt-. The Morgan fingerprint density at radius 2 is 1.31 bits per heavy atom. The van der Waals surface area contributed by atoms with Crippen molar-refractivity contribution in [3.05, 3.63) is 157 Å². The van der Waals surface area contributed by atoms with Crippen molar-refractivity contribution in [1.29, 1.82) is 0 Å². The Morgan fingerprint density at radius 3 is 2.04 bits per heavy atom. The van der Waals surface area contributed by atoms with Crippen LogP contribution >= 0.6 is 0 Å². The average molecular weight is 848 g/mol. The molecule has 0 saturated carbocycles. The fourth-order valence-electron chi connectivity index (χ4n) is 6.44. The maximum Gasteiger partial charge on any atom is 0.136 e. The number of pyridine rings is 2. The quantitative estimate of drug-likeness (QED) is 0.169. The molecule has 2 heterocycles. The minimum Gasteiger partial charge on any atom is -0.507 e. The zero-order chi connectivity index (χ0) is 35.0. The van der Waals surface area contributed by atoms with E-state index in [0.29, 0.717) is 5.69 Å². The van der Waals surface area contributed by atoms with Gasteiger partial charge in [-0.3, -0.25) is 4.98 Å². The molecule has 0 spiro atoms. The average Bonchev–Trinajstić information content (AvgIpc) is 3.12. The largest absolute Gasteiger partial charge is 0.507 e. The molecule has 0 fully saturated rings. The van der Waals surface area contributed by atoms with Gasteiger partial charge in [-0.2, -0.15) is 0 Å². The van der Waals surface area contributed by atoms with Crippen molar-refractivity contribution in [3.8, 4) is 39.4 Å². The van der Waals surface area contributed by atoms with Gasteiger partial charge in [0.05, 0.1) is 11.4 Å². The molecule has 258 valence electrons. The van der Waals surface area contributed by atoms with E-state index in [1.807, 2.05) is 48.7 Å². The molecule has 0 radical (unpaired) electrons. The number of fused-ring (bicyclic) bond motifs is 1. The summed E-state index contributed by atoms with van der Waals surface area (Å²) in [5.74, 6) is 1.06. The zero-order valence-corrected chi connectivity index (χ0v) is 32.2. The van der Waals surface area contributed by atoms with Crippen LogP contribution in [0.3, 0.4) is 0 Å². The van der Waals surface area contributed by atoms with Crippen molar-refractivity contribution in [2.75, 3.05) is 4.90 Å². The van der Waals surface area contributed by atoms with Crippen molar-refractivity contribution >= 4 is 28.0 Å². The Balaban J connectivity index is 0.00000448. The van der Waals surface area contributed by atoms with Crippen molar-refractivity contribution < 1.29 is 26.2 Å². The molecule has 2 aromatic heterocycles. The number of aromatic nitrogens is 2. The van der Waals surface area contributed by atoms with E-state index in [1.165, 1.54) is 0 Å².